The Kier molecular flexibility index (Phi) is 2.30. The average Bonchev–Trinajstić information content (AvgIpc) is 2.81. The summed E-state index contributed by atoms with van der Waals surface area (Å²) in [5.74, 6) is 0. The van der Waals surface area contributed by atoms with Gasteiger partial charge in [0.25, 0.3) is 0 Å². The highest BCUT2D eigenvalue weighted by molar-refractivity contribution is 5.16. The first-order valence-electron chi connectivity index (χ1n) is 4.46. The Hall–Kier alpha value is -0.240. The fourth-order valence-corrected chi connectivity index (χ4v) is 1.87. The number of aliphatic hydroxyl groups excluding tert-OH is 4. The molecule has 2 fully saturated rings. The van der Waals surface area contributed by atoms with Gasteiger partial charge in [-0.3, -0.25) is 0 Å². The third kappa shape index (κ3) is 1.19. The molecular weight excluding hydrogens is 192 g/mol. The number of aliphatic hydroxyl groups is 4. The van der Waals surface area contributed by atoms with Crippen LogP contribution in [0.4, 0.5) is 0 Å². The lowest BCUT2D eigenvalue weighted by molar-refractivity contribution is -0.305. The smallest absolute Gasteiger partial charge is 0.186 e. The molecule has 1 saturated heterocycles. The molecule has 2 rings (SSSR count). The molecule has 0 bridgehead atoms. The van der Waals surface area contributed by atoms with Crippen molar-refractivity contribution in [3.63, 3.8) is 0 Å². The van der Waals surface area contributed by atoms with E-state index in [0.29, 0.717) is 0 Å². The van der Waals surface area contributed by atoms with Crippen LogP contribution in [-0.2, 0) is 9.47 Å². The number of rotatable bonds is 1. The molecule has 1 aliphatic heterocycles. The Morgan fingerprint density at radius 2 is 1.79 bits per heavy atom. The molecule has 0 aromatic carbocycles. The molecule has 6 heteroatoms. The lowest BCUT2D eigenvalue weighted by Crippen LogP contribution is -2.60. The van der Waals surface area contributed by atoms with E-state index in [0.717, 1.165) is 0 Å². The van der Waals surface area contributed by atoms with E-state index < -0.39 is 36.3 Å². The second-order valence-electron chi connectivity index (χ2n) is 3.82. The molecule has 6 nitrogen and oxygen atoms in total. The molecule has 0 amide bonds. The predicted octanol–water partition coefficient (Wildman–Crippen LogP) is -2.42. The summed E-state index contributed by atoms with van der Waals surface area (Å²) in [6.07, 6.45) is -5.50. The third-order valence-corrected chi connectivity index (χ3v) is 2.94. The Morgan fingerprint density at radius 1 is 1.21 bits per heavy atom. The normalized spacial score (nSPS) is 57.6. The predicted molar refractivity (Wildman–Crippen MR) is 43.3 cm³/mol. The molecule has 2 aliphatic rings. The number of methoxy groups -OCH3 is 1. The maximum atomic E-state index is 9.57. The van der Waals surface area contributed by atoms with E-state index in [9.17, 15) is 20.4 Å². The topological polar surface area (TPSA) is 99.4 Å². The summed E-state index contributed by atoms with van der Waals surface area (Å²) in [7, 11) is 1.32. The highest BCUT2D eigenvalue weighted by Crippen LogP contribution is 2.48. The molecule has 1 saturated carbocycles. The van der Waals surface area contributed by atoms with Crippen molar-refractivity contribution in [3.05, 3.63) is 0 Å². The molecular formula is C8H14O6. The van der Waals surface area contributed by atoms with Crippen LogP contribution in [-0.4, -0.2) is 63.8 Å². The molecule has 1 spiro atoms. The first-order chi connectivity index (χ1) is 6.53. The molecule has 1 heterocycles. The highest BCUT2D eigenvalue weighted by Gasteiger charge is 2.67. The second kappa shape index (κ2) is 3.13. The van der Waals surface area contributed by atoms with Gasteiger partial charge in [-0.25, -0.2) is 0 Å². The fourth-order valence-electron chi connectivity index (χ4n) is 1.87. The number of ether oxygens (including phenoxy) is 2. The van der Waals surface area contributed by atoms with Crippen molar-refractivity contribution in [2.24, 2.45) is 0 Å². The molecule has 0 aromatic heterocycles. The van der Waals surface area contributed by atoms with Gasteiger partial charge in [0.2, 0.25) is 0 Å². The van der Waals surface area contributed by atoms with E-state index in [-0.39, 0.29) is 6.42 Å². The molecule has 0 radical (unpaired) electrons. The van der Waals surface area contributed by atoms with Crippen LogP contribution in [0.1, 0.15) is 6.42 Å². The summed E-state index contributed by atoms with van der Waals surface area (Å²) in [5.41, 5.74) is -1.15. The van der Waals surface area contributed by atoms with Crippen molar-refractivity contribution in [3.8, 4) is 0 Å². The first-order valence-corrected chi connectivity index (χ1v) is 4.46. The average molecular weight is 206 g/mol. The van der Waals surface area contributed by atoms with Gasteiger partial charge in [-0.05, 0) is 0 Å². The minimum atomic E-state index is -1.36. The van der Waals surface area contributed by atoms with Crippen molar-refractivity contribution < 1.29 is 29.9 Å². The van der Waals surface area contributed by atoms with Gasteiger partial charge in [0, 0.05) is 13.5 Å². The maximum Gasteiger partial charge on any atom is 0.186 e. The summed E-state index contributed by atoms with van der Waals surface area (Å²) in [6, 6.07) is 0. The molecule has 0 aromatic rings. The van der Waals surface area contributed by atoms with E-state index in [4.69, 9.17) is 9.47 Å². The van der Waals surface area contributed by atoms with Crippen molar-refractivity contribution in [2.45, 2.75) is 42.7 Å². The summed E-state index contributed by atoms with van der Waals surface area (Å²) in [6.45, 7) is 0. The highest BCUT2D eigenvalue weighted by atomic mass is 16.7. The number of hydrogen-bond donors (Lipinski definition) is 4. The SMILES string of the molecule is CO[C@@H]1OC2(C[C@H]2O)[C@H](O)[C@H](O)[C@H]1O. The minimum Gasteiger partial charge on any atom is -0.390 e. The van der Waals surface area contributed by atoms with Crippen LogP contribution in [0.15, 0.2) is 0 Å². The van der Waals surface area contributed by atoms with Crippen molar-refractivity contribution in [2.75, 3.05) is 7.11 Å². The largest absolute Gasteiger partial charge is 0.390 e. The zero-order chi connectivity index (χ0) is 10.5. The van der Waals surface area contributed by atoms with Gasteiger partial charge in [0.15, 0.2) is 6.29 Å². The van der Waals surface area contributed by atoms with E-state index in [2.05, 4.69) is 0 Å². The van der Waals surface area contributed by atoms with Crippen molar-refractivity contribution in [1.82, 2.24) is 0 Å². The Bertz CT molecular complexity index is 232. The van der Waals surface area contributed by atoms with Gasteiger partial charge < -0.3 is 29.9 Å². The zero-order valence-electron chi connectivity index (χ0n) is 7.70. The Labute approximate surface area is 80.7 Å². The van der Waals surface area contributed by atoms with Gasteiger partial charge in [0.1, 0.15) is 23.9 Å². The molecule has 4 N–H and O–H groups in total. The second-order valence-corrected chi connectivity index (χ2v) is 3.82. The third-order valence-electron chi connectivity index (χ3n) is 2.94. The standard InChI is InChI=1S/C8H14O6/c1-13-7-5(11)4(10)6(12)8(14-7)2-3(8)9/h3-7,9-12H,2H2,1H3/t3-,4-,5-,6-,7-,8?/m1/s1. The van der Waals surface area contributed by atoms with Gasteiger partial charge in [-0.1, -0.05) is 0 Å². The van der Waals surface area contributed by atoms with Crippen LogP contribution < -0.4 is 0 Å². The van der Waals surface area contributed by atoms with E-state index in [1.54, 1.807) is 0 Å². The van der Waals surface area contributed by atoms with Gasteiger partial charge >= 0.3 is 0 Å². The van der Waals surface area contributed by atoms with E-state index in [1.165, 1.54) is 7.11 Å². The van der Waals surface area contributed by atoms with Crippen LogP contribution in [0.2, 0.25) is 0 Å². The lowest BCUT2D eigenvalue weighted by atomic mass is 9.97. The van der Waals surface area contributed by atoms with Crippen LogP contribution >= 0.6 is 0 Å². The summed E-state index contributed by atoms with van der Waals surface area (Å²) >= 11 is 0. The lowest BCUT2D eigenvalue weighted by Gasteiger charge is -2.40. The van der Waals surface area contributed by atoms with Crippen LogP contribution in [0.3, 0.4) is 0 Å². The van der Waals surface area contributed by atoms with Crippen LogP contribution in [0.25, 0.3) is 0 Å². The fraction of sp³-hybridized carbons (Fsp3) is 1.00. The van der Waals surface area contributed by atoms with Crippen molar-refractivity contribution in [1.29, 1.82) is 0 Å². The van der Waals surface area contributed by atoms with Gasteiger partial charge in [-0.2, -0.15) is 0 Å². The van der Waals surface area contributed by atoms with Crippen LogP contribution in [0, 0.1) is 0 Å². The van der Waals surface area contributed by atoms with Crippen LogP contribution in [0.5, 0.6) is 0 Å². The molecule has 82 valence electrons. The Morgan fingerprint density at radius 3 is 2.21 bits per heavy atom. The van der Waals surface area contributed by atoms with E-state index >= 15 is 0 Å². The molecule has 14 heavy (non-hydrogen) atoms. The number of hydrogen-bond acceptors (Lipinski definition) is 6. The summed E-state index contributed by atoms with van der Waals surface area (Å²) in [4.78, 5) is 0. The van der Waals surface area contributed by atoms with Gasteiger partial charge in [0.05, 0.1) is 6.10 Å². The van der Waals surface area contributed by atoms with Gasteiger partial charge in [-0.15, -0.1) is 0 Å². The molecule has 6 atom stereocenters. The molecule has 1 aliphatic carbocycles. The first kappa shape index (κ1) is 10.3. The monoisotopic (exact) mass is 206 g/mol. The minimum absolute atomic E-state index is 0.248. The van der Waals surface area contributed by atoms with E-state index in [1.807, 2.05) is 0 Å². The summed E-state index contributed by atoms with van der Waals surface area (Å²) in [5, 5.41) is 37.8. The maximum absolute atomic E-state index is 9.57. The quantitative estimate of drug-likeness (QED) is 0.381. The Balaban J connectivity index is 2.16. The van der Waals surface area contributed by atoms with Crippen molar-refractivity contribution >= 4 is 0 Å². The zero-order valence-corrected chi connectivity index (χ0v) is 7.70. The molecule has 1 unspecified atom stereocenters. The summed E-state index contributed by atoms with van der Waals surface area (Å²) < 4.78 is 10.0.